The van der Waals surface area contributed by atoms with E-state index in [-0.39, 0.29) is 11.6 Å². The third kappa shape index (κ3) is 2.91. The first-order chi connectivity index (χ1) is 9.93. The number of aromatic nitrogens is 2. The molecule has 2 rings (SSSR count). The third-order valence-corrected chi connectivity index (χ3v) is 3.27. The van der Waals surface area contributed by atoms with Crippen LogP contribution in [-0.2, 0) is 6.54 Å². The van der Waals surface area contributed by atoms with Crippen LogP contribution < -0.4 is 5.32 Å². The molecule has 0 fully saturated rings. The molecule has 0 bridgehead atoms. The second-order valence-electron chi connectivity index (χ2n) is 4.71. The van der Waals surface area contributed by atoms with Crippen LogP contribution in [0.3, 0.4) is 0 Å². The average Bonchev–Trinajstić information content (AvgIpc) is 2.72. The number of carbonyl (C=O) groups excluding carboxylic acids is 1. The van der Waals surface area contributed by atoms with E-state index in [1.54, 1.807) is 43.8 Å². The zero-order valence-electron chi connectivity index (χ0n) is 12.1. The van der Waals surface area contributed by atoms with Crippen molar-refractivity contribution in [3.63, 3.8) is 0 Å². The Morgan fingerprint density at radius 2 is 2.14 bits per heavy atom. The summed E-state index contributed by atoms with van der Waals surface area (Å²) in [5.41, 5.74) is 2.34. The molecule has 0 unspecified atom stereocenters. The first-order valence-electron chi connectivity index (χ1n) is 6.43. The lowest BCUT2D eigenvalue weighted by molar-refractivity contribution is -0.386. The summed E-state index contributed by atoms with van der Waals surface area (Å²) < 4.78 is 1.58. The molecule has 1 aromatic carbocycles. The molecule has 1 amide bonds. The van der Waals surface area contributed by atoms with Crippen molar-refractivity contribution in [1.29, 1.82) is 0 Å². The van der Waals surface area contributed by atoms with E-state index in [1.807, 2.05) is 6.07 Å². The molecule has 0 aliphatic rings. The maximum absolute atomic E-state index is 11.6. The van der Waals surface area contributed by atoms with E-state index >= 15 is 0 Å². The Kier molecular flexibility index (Phi) is 4.02. The summed E-state index contributed by atoms with van der Waals surface area (Å²) in [4.78, 5) is 22.2. The van der Waals surface area contributed by atoms with Crippen molar-refractivity contribution in [2.24, 2.45) is 0 Å². The molecule has 7 heteroatoms. The largest absolute Gasteiger partial charge is 0.355 e. The molecule has 0 saturated heterocycles. The van der Waals surface area contributed by atoms with Crippen LogP contribution in [0.4, 0.5) is 5.69 Å². The van der Waals surface area contributed by atoms with E-state index in [4.69, 9.17) is 0 Å². The molecule has 7 nitrogen and oxygen atoms in total. The molecule has 0 aliphatic carbocycles. The lowest BCUT2D eigenvalue weighted by atomic mass is 10.1. The fourth-order valence-corrected chi connectivity index (χ4v) is 2.23. The fourth-order valence-electron chi connectivity index (χ4n) is 2.23. The molecule has 0 atom stereocenters. The normalized spacial score (nSPS) is 10.4. The summed E-state index contributed by atoms with van der Waals surface area (Å²) in [6.45, 7) is 3.66. The number of hydrogen-bond acceptors (Lipinski definition) is 4. The minimum Gasteiger partial charge on any atom is -0.355 e. The number of nitrogens with zero attached hydrogens (tertiary/aromatic N) is 3. The van der Waals surface area contributed by atoms with Gasteiger partial charge in [0.05, 0.1) is 11.5 Å². The van der Waals surface area contributed by atoms with Crippen LogP contribution in [0.5, 0.6) is 0 Å². The number of nitrogens with one attached hydrogen (secondary N) is 1. The van der Waals surface area contributed by atoms with Crippen molar-refractivity contribution in [3.05, 3.63) is 56.9 Å². The number of amides is 1. The lowest BCUT2D eigenvalue weighted by Gasteiger charge is -2.06. The smallest absolute Gasteiger partial charge is 0.312 e. The van der Waals surface area contributed by atoms with Gasteiger partial charge in [-0.15, -0.1) is 0 Å². The minimum absolute atomic E-state index is 0.0393. The highest BCUT2D eigenvalue weighted by Crippen LogP contribution is 2.22. The number of aryl methyl sites for hydroxylation is 1. The molecule has 1 heterocycles. The van der Waals surface area contributed by atoms with Crippen LogP contribution in [-0.4, -0.2) is 27.7 Å². The molecule has 21 heavy (non-hydrogen) atoms. The van der Waals surface area contributed by atoms with Gasteiger partial charge in [-0.1, -0.05) is 12.1 Å². The van der Waals surface area contributed by atoms with Crippen LogP contribution >= 0.6 is 0 Å². The van der Waals surface area contributed by atoms with E-state index < -0.39 is 4.92 Å². The summed E-state index contributed by atoms with van der Waals surface area (Å²) in [5.74, 6) is -0.170. The van der Waals surface area contributed by atoms with Crippen molar-refractivity contribution in [1.82, 2.24) is 15.1 Å². The van der Waals surface area contributed by atoms with Gasteiger partial charge >= 0.3 is 5.69 Å². The number of rotatable bonds is 4. The maximum Gasteiger partial charge on any atom is 0.312 e. The predicted molar refractivity (Wildman–Crippen MR) is 77.3 cm³/mol. The van der Waals surface area contributed by atoms with Gasteiger partial charge in [-0.25, -0.2) is 0 Å². The number of nitro groups is 1. The van der Waals surface area contributed by atoms with Gasteiger partial charge in [-0.3, -0.25) is 19.6 Å². The predicted octanol–water partition coefficient (Wildman–Crippen LogP) is 1.82. The second kappa shape index (κ2) is 5.74. The van der Waals surface area contributed by atoms with E-state index in [9.17, 15) is 14.9 Å². The van der Waals surface area contributed by atoms with E-state index in [2.05, 4.69) is 10.4 Å². The standard InChI is InChI=1S/C14H16N4O3/c1-9-13(18(20)21)10(2)17(16-9)8-11-5-4-6-12(7-11)14(19)15-3/h4-7H,8H2,1-3H3,(H,15,19). The maximum atomic E-state index is 11.6. The molecule has 0 aliphatic heterocycles. The number of carbonyl (C=O) groups is 1. The molecule has 110 valence electrons. The SMILES string of the molecule is CNC(=O)c1cccc(Cn2nc(C)c([N+](=O)[O-])c2C)c1. The topological polar surface area (TPSA) is 90.1 Å². The summed E-state index contributed by atoms with van der Waals surface area (Å²) >= 11 is 0. The van der Waals surface area contributed by atoms with Gasteiger partial charge in [0.1, 0.15) is 11.4 Å². The van der Waals surface area contributed by atoms with E-state index in [1.165, 1.54) is 0 Å². The first kappa shape index (κ1) is 14.7. The Bertz CT molecular complexity index is 706. The Labute approximate surface area is 121 Å². The second-order valence-corrected chi connectivity index (χ2v) is 4.71. The van der Waals surface area contributed by atoms with Crippen molar-refractivity contribution in [2.45, 2.75) is 20.4 Å². The van der Waals surface area contributed by atoms with E-state index in [0.717, 1.165) is 5.56 Å². The van der Waals surface area contributed by atoms with Gasteiger partial charge < -0.3 is 5.32 Å². The monoisotopic (exact) mass is 288 g/mol. The van der Waals surface area contributed by atoms with Crippen molar-refractivity contribution < 1.29 is 9.72 Å². The quantitative estimate of drug-likeness (QED) is 0.686. The van der Waals surface area contributed by atoms with Crippen LogP contribution in [0, 0.1) is 24.0 Å². The molecular weight excluding hydrogens is 272 g/mol. The van der Waals surface area contributed by atoms with Crippen LogP contribution in [0.15, 0.2) is 24.3 Å². The summed E-state index contributed by atoms with van der Waals surface area (Å²) in [6.07, 6.45) is 0. The molecule has 1 aromatic heterocycles. The van der Waals surface area contributed by atoms with Crippen molar-refractivity contribution in [2.75, 3.05) is 7.05 Å². The highest BCUT2D eigenvalue weighted by atomic mass is 16.6. The van der Waals surface area contributed by atoms with Crippen LogP contribution in [0.25, 0.3) is 0 Å². The first-order valence-corrected chi connectivity index (χ1v) is 6.43. The van der Waals surface area contributed by atoms with Gasteiger partial charge in [-0.2, -0.15) is 5.10 Å². The third-order valence-electron chi connectivity index (χ3n) is 3.27. The molecular formula is C14H16N4O3. The lowest BCUT2D eigenvalue weighted by Crippen LogP contribution is -2.18. The Morgan fingerprint density at radius 1 is 1.43 bits per heavy atom. The Balaban J connectivity index is 2.33. The van der Waals surface area contributed by atoms with Gasteiger partial charge in [-0.05, 0) is 31.5 Å². The molecule has 0 saturated carbocycles. The fraction of sp³-hybridized carbons (Fsp3) is 0.286. The molecule has 2 aromatic rings. The molecule has 0 spiro atoms. The molecule has 1 N–H and O–H groups in total. The van der Waals surface area contributed by atoms with E-state index in [0.29, 0.717) is 23.5 Å². The van der Waals surface area contributed by atoms with Crippen LogP contribution in [0.2, 0.25) is 0 Å². The van der Waals surface area contributed by atoms with Gasteiger partial charge in [0, 0.05) is 12.6 Å². The zero-order chi connectivity index (χ0) is 15.6. The highest BCUT2D eigenvalue weighted by Gasteiger charge is 2.21. The highest BCUT2D eigenvalue weighted by molar-refractivity contribution is 5.94. The van der Waals surface area contributed by atoms with Gasteiger partial charge in [0.2, 0.25) is 0 Å². The zero-order valence-corrected chi connectivity index (χ0v) is 12.1. The Hall–Kier alpha value is -2.70. The van der Waals surface area contributed by atoms with Gasteiger partial charge in [0.25, 0.3) is 5.91 Å². The summed E-state index contributed by atoms with van der Waals surface area (Å²) in [7, 11) is 1.57. The number of benzene rings is 1. The summed E-state index contributed by atoms with van der Waals surface area (Å²) in [5, 5.41) is 17.7. The minimum atomic E-state index is -0.422. The van der Waals surface area contributed by atoms with Crippen molar-refractivity contribution >= 4 is 11.6 Å². The Morgan fingerprint density at radius 3 is 2.71 bits per heavy atom. The molecule has 0 radical (unpaired) electrons. The number of hydrogen-bond donors (Lipinski definition) is 1. The van der Waals surface area contributed by atoms with Crippen molar-refractivity contribution in [3.8, 4) is 0 Å². The van der Waals surface area contributed by atoms with Gasteiger partial charge in [0.15, 0.2) is 0 Å². The average molecular weight is 288 g/mol. The summed E-state index contributed by atoms with van der Waals surface area (Å²) in [6, 6.07) is 7.10. The van der Waals surface area contributed by atoms with Crippen LogP contribution in [0.1, 0.15) is 27.3 Å².